The average Bonchev–Trinajstić information content (AvgIpc) is 3.37. The molecule has 1 N–H and O–H groups in total. The zero-order valence-corrected chi connectivity index (χ0v) is 21.2. The van der Waals surface area contributed by atoms with Gasteiger partial charge in [-0.05, 0) is 75.2 Å². The molecular weight excluding hydrogens is 493 g/mol. The summed E-state index contributed by atoms with van der Waals surface area (Å²) >= 11 is 2.64. The smallest absolute Gasteiger partial charge is 0.330 e. The Bertz CT molecular complexity index is 1390. The number of benzene rings is 2. The maximum atomic E-state index is 13.2. The summed E-state index contributed by atoms with van der Waals surface area (Å²) in [7, 11) is 0. The molecule has 0 saturated carbocycles. The highest BCUT2D eigenvalue weighted by Crippen LogP contribution is 2.32. The number of nitrogens with one attached hydrogen (secondary N) is 1. The Morgan fingerprint density at radius 3 is 2.51 bits per heavy atom. The number of Topliss-reactive ketones (excluding diaryl/α,β-unsaturated/α-hetero) is 1. The van der Waals surface area contributed by atoms with Crippen LogP contribution < -0.4 is 5.32 Å². The van der Waals surface area contributed by atoms with Crippen molar-refractivity contribution in [2.75, 3.05) is 11.1 Å². The number of anilines is 2. The molecule has 0 saturated heterocycles. The lowest BCUT2D eigenvalue weighted by atomic mass is 10.1. The standard InChI is InChI=1S/C25H23F3N4OS2/c1-14-8-9-19(10-15(14)2)29-23-30-31-24(35-23)34-13-22(33)21-11-16(3)32(17(21)4)20-7-5-6-18(12-20)25(26,27)28/h5-12H,13H2,1-4H3,(H,29,30). The molecule has 0 radical (unpaired) electrons. The van der Waals surface area contributed by atoms with Crippen molar-refractivity contribution < 1.29 is 18.0 Å². The van der Waals surface area contributed by atoms with Gasteiger partial charge in [-0.1, -0.05) is 35.2 Å². The van der Waals surface area contributed by atoms with Crippen LogP contribution in [0.4, 0.5) is 24.0 Å². The molecule has 0 aliphatic rings. The topological polar surface area (TPSA) is 59.8 Å². The minimum absolute atomic E-state index is 0.125. The maximum Gasteiger partial charge on any atom is 0.416 e. The molecule has 182 valence electrons. The van der Waals surface area contributed by atoms with E-state index in [9.17, 15) is 18.0 Å². The predicted octanol–water partition coefficient (Wildman–Crippen LogP) is 7.30. The van der Waals surface area contributed by atoms with E-state index in [1.54, 1.807) is 30.5 Å². The number of hydrogen-bond acceptors (Lipinski definition) is 6. The summed E-state index contributed by atoms with van der Waals surface area (Å²) in [4.78, 5) is 13.0. The van der Waals surface area contributed by atoms with Gasteiger partial charge in [-0.25, -0.2) is 0 Å². The number of alkyl halides is 3. The molecule has 2 aromatic carbocycles. The Hall–Kier alpha value is -3.11. The normalized spacial score (nSPS) is 11.6. The number of aryl methyl sites for hydroxylation is 3. The van der Waals surface area contributed by atoms with Gasteiger partial charge in [0.05, 0.1) is 11.3 Å². The monoisotopic (exact) mass is 516 g/mol. The van der Waals surface area contributed by atoms with Gasteiger partial charge in [-0.15, -0.1) is 10.2 Å². The molecule has 35 heavy (non-hydrogen) atoms. The van der Waals surface area contributed by atoms with Gasteiger partial charge < -0.3 is 9.88 Å². The van der Waals surface area contributed by atoms with Crippen LogP contribution in [-0.2, 0) is 6.18 Å². The van der Waals surface area contributed by atoms with Crippen molar-refractivity contribution in [2.45, 2.75) is 38.2 Å². The van der Waals surface area contributed by atoms with Crippen LogP contribution in [0.1, 0.15) is 38.4 Å². The quantitative estimate of drug-likeness (QED) is 0.206. The lowest BCUT2D eigenvalue weighted by Crippen LogP contribution is -2.08. The van der Waals surface area contributed by atoms with E-state index >= 15 is 0 Å². The van der Waals surface area contributed by atoms with E-state index in [2.05, 4.69) is 15.5 Å². The fourth-order valence-corrected chi connectivity index (χ4v) is 5.39. The summed E-state index contributed by atoms with van der Waals surface area (Å²) in [5, 5.41) is 12.2. The molecule has 0 fully saturated rings. The van der Waals surface area contributed by atoms with E-state index in [-0.39, 0.29) is 11.5 Å². The number of rotatable bonds is 7. The molecule has 2 aromatic heterocycles. The fourth-order valence-electron chi connectivity index (χ4n) is 3.73. The van der Waals surface area contributed by atoms with Crippen molar-refractivity contribution in [3.63, 3.8) is 0 Å². The zero-order chi connectivity index (χ0) is 25.3. The SMILES string of the molecule is Cc1ccc(Nc2nnc(SCC(=O)c3cc(C)n(-c4cccc(C(F)(F)F)c4)c3C)s2)cc1C. The number of nitrogens with zero attached hydrogens (tertiary/aromatic N) is 3. The summed E-state index contributed by atoms with van der Waals surface area (Å²) in [6.07, 6.45) is -4.44. The van der Waals surface area contributed by atoms with Crippen LogP contribution in [-0.4, -0.2) is 26.3 Å². The third kappa shape index (κ3) is 5.59. The zero-order valence-electron chi connectivity index (χ0n) is 19.5. The van der Waals surface area contributed by atoms with Gasteiger partial charge in [0.1, 0.15) is 0 Å². The van der Waals surface area contributed by atoms with Gasteiger partial charge in [0, 0.05) is 28.3 Å². The van der Waals surface area contributed by atoms with Crippen molar-refractivity contribution in [1.29, 1.82) is 0 Å². The number of hydrogen-bond donors (Lipinski definition) is 1. The number of ketones is 1. The highest BCUT2D eigenvalue weighted by atomic mass is 32.2. The Balaban J connectivity index is 1.46. The van der Waals surface area contributed by atoms with Crippen molar-refractivity contribution in [1.82, 2.24) is 14.8 Å². The minimum atomic E-state index is -4.44. The second-order valence-corrected chi connectivity index (χ2v) is 10.4. The van der Waals surface area contributed by atoms with Crippen molar-refractivity contribution >= 4 is 39.7 Å². The summed E-state index contributed by atoms with van der Waals surface area (Å²) in [6, 6.07) is 12.8. The second-order valence-electron chi connectivity index (χ2n) is 8.18. The van der Waals surface area contributed by atoms with E-state index in [4.69, 9.17) is 0 Å². The minimum Gasteiger partial charge on any atom is -0.330 e. The van der Waals surface area contributed by atoms with Crippen LogP contribution in [0, 0.1) is 27.7 Å². The Labute approximate surface area is 209 Å². The van der Waals surface area contributed by atoms with E-state index in [0.29, 0.717) is 32.1 Å². The number of carbonyl (C=O) groups is 1. The molecule has 0 amide bonds. The Kier molecular flexibility index (Phi) is 7.05. The van der Waals surface area contributed by atoms with Crippen molar-refractivity contribution in [2.24, 2.45) is 0 Å². The fraction of sp³-hybridized carbons (Fsp3) is 0.240. The van der Waals surface area contributed by atoms with Gasteiger partial charge in [0.15, 0.2) is 10.1 Å². The van der Waals surface area contributed by atoms with Crippen molar-refractivity contribution in [3.8, 4) is 5.69 Å². The lowest BCUT2D eigenvalue weighted by molar-refractivity contribution is -0.137. The van der Waals surface area contributed by atoms with E-state index in [1.165, 1.54) is 40.3 Å². The van der Waals surface area contributed by atoms with Gasteiger partial charge in [0.25, 0.3) is 0 Å². The van der Waals surface area contributed by atoms with Crippen LogP contribution in [0.3, 0.4) is 0 Å². The third-order valence-corrected chi connectivity index (χ3v) is 7.63. The highest BCUT2D eigenvalue weighted by molar-refractivity contribution is 8.01. The van der Waals surface area contributed by atoms with Gasteiger partial charge >= 0.3 is 6.18 Å². The lowest BCUT2D eigenvalue weighted by Gasteiger charge is -2.13. The van der Waals surface area contributed by atoms with Gasteiger partial charge in [-0.2, -0.15) is 13.2 Å². The molecule has 0 unspecified atom stereocenters. The molecule has 2 heterocycles. The number of carbonyl (C=O) groups excluding carboxylic acids is 1. The molecule has 0 atom stereocenters. The Morgan fingerprint density at radius 2 is 1.80 bits per heavy atom. The molecule has 4 rings (SSSR count). The van der Waals surface area contributed by atoms with Gasteiger partial charge in [0.2, 0.25) is 5.13 Å². The first-order valence-corrected chi connectivity index (χ1v) is 12.5. The second kappa shape index (κ2) is 9.87. The third-order valence-electron chi connectivity index (χ3n) is 5.65. The maximum absolute atomic E-state index is 13.2. The van der Waals surface area contributed by atoms with E-state index in [1.807, 2.05) is 32.0 Å². The summed E-state index contributed by atoms with van der Waals surface area (Å²) in [5.41, 5.74) is 4.69. The van der Waals surface area contributed by atoms with Crippen LogP contribution in [0.15, 0.2) is 52.9 Å². The highest BCUT2D eigenvalue weighted by Gasteiger charge is 2.31. The number of aromatic nitrogens is 3. The predicted molar refractivity (Wildman–Crippen MR) is 134 cm³/mol. The number of thioether (sulfide) groups is 1. The molecule has 0 aliphatic carbocycles. The molecule has 5 nitrogen and oxygen atoms in total. The summed E-state index contributed by atoms with van der Waals surface area (Å²) in [5.74, 6) is 0.0192. The van der Waals surface area contributed by atoms with Gasteiger partial charge in [-0.3, -0.25) is 4.79 Å². The van der Waals surface area contributed by atoms with Crippen molar-refractivity contribution in [3.05, 3.63) is 82.2 Å². The largest absolute Gasteiger partial charge is 0.416 e. The first-order chi connectivity index (χ1) is 16.5. The molecule has 0 aliphatic heterocycles. The average molecular weight is 517 g/mol. The molecule has 0 spiro atoms. The Morgan fingerprint density at radius 1 is 1.03 bits per heavy atom. The number of halogens is 3. The molecule has 4 aromatic rings. The van der Waals surface area contributed by atoms with E-state index in [0.717, 1.165) is 17.8 Å². The molecular formula is C25H23F3N4OS2. The molecule has 10 heteroatoms. The van der Waals surface area contributed by atoms with Crippen LogP contribution in [0.25, 0.3) is 5.69 Å². The summed E-state index contributed by atoms with van der Waals surface area (Å²) < 4.78 is 41.8. The van der Waals surface area contributed by atoms with Crippen LogP contribution in [0.2, 0.25) is 0 Å². The van der Waals surface area contributed by atoms with Crippen LogP contribution >= 0.6 is 23.1 Å². The molecule has 0 bridgehead atoms. The van der Waals surface area contributed by atoms with E-state index < -0.39 is 11.7 Å². The van der Waals surface area contributed by atoms with Crippen LogP contribution in [0.5, 0.6) is 0 Å². The first kappa shape index (κ1) is 25.0. The summed E-state index contributed by atoms with van der Waals surface area (Å²) in [6.45, 7) is 7.60. The first-order valence-electron chi connectivity index (χ1n) is 10.7.